The largest absolute Gasteiger partial charge is 0.463 e. The fourth-order valence-electron chi connectivity index (χ4n) is 3.28. The average Bonchev–Trinajstić information content (AvgIpc) is 3.32. The number of nitrogens with one attached hydrogen (secondary N) is 1. The van der Waals surface area contributed by atoms with Crippen molar-refractivity contribution in [1.29, 1.82) is 0 Å². The molecular formula is C21H20BrFN4O6S. The van der Waals surface area contributed by atoms with Crippen LogP contribution in [0.15, 0.2) is 50.5 Å². The number of carbonyl (C=O) groups is 2. The van der Waals surface area contributed by atoms with Crippen LogP contribution < -0.4 is 5.32 Å². The van der Waals surface area contributed by atoms with Crippen LogP contribution in [0.1, 0.15) is 36.9 Å². The van der Waals surface area contributed by atoms with Gasteiger partial charge in [-0.2, -0.15) is 0 Å². The number of aliphatic imine (C=N–C) groups is 1. The van der Waals surface area contributed by atoms with Gasteiger partial charge in [-0.25, -0.2) is 19.0 Å². The Morgan fingerprint density at radius 2 is 2.06 bits per heavy atom. The summed E-state index contributed by atoms with van der Waals surface area (Å²) in [4.78, 5) is 45.1. The maximum atomic E-state index is 13.8. The Hall–Kier alpha value is -3.19. The van der Waals surface area contributed by atoms with Crippen molar-refractivity contribution in [3.63, 3.8) is 0 Å². The van der Waals surface area contributed by atoms with E-state index in [-0.39, 0.29) is 30.3 Å². The monoisotopic (exact) mass is 554 g/mol. The van der Waals surface area contributed by atoms with E-state index < -0.39 is 41.2 Å². The van der Waals surface area contributed by atoms with Gasteiger partial charge in [0, 0.05) is 26.7 Å². The van der Waals surface area contributed by atoms with Crippen LogP contribution in [-0.4, -0.2) is 46.9 Å². The molecule has 0 amide bonds. The second-order valence-corrected chi connectivity index (χ2v) is 8.63. The number of hydrogen-bond donors (Lipinski definition) is 1. The highest BCUT2D eigenvalue weighted by molar-refractivity contribution is 9.10. The molecule has 34 heavy (non-hydrogen) atoms. The topological polar surface area (TPSA) is 133 Å². The first kappa shape index (κ1) is 25.4. The summed E-state index contributed by atoms with van der Waals surface area (Å²) in [5.41, 5.74) is 0.450. The number of hydrogen-bond acceptors (Lipinski definition) is 10. The van der Waals surface area contributed by atoms with Gasteiger partial charge >= 0.3 is 18.0 Å². The third kappa shape index (κ3) is 5.65. The van der Waals surface area contributed by atoms with E-state index in [9.17, 15) is 24.1 Å². The van der Waals surface area contributed by atoms with Crippen LogP contribution >= 0.6 is 27.3 Å². The number of benzene rings is 1. The van der Waals surface area contributed by atoms with E-state index in [1.807, 2.05) is 0 Å². The Labute approximate surface area is 206 Å². The smallest absolute Gasteiger partial charge is 0.382 e. The average molecular weight is 555 g/mol. The molecule has 0 bridgehead atoms. The molecule has 2 aromatic rings. The molecule has 10 nitrogen and oxygen atoms in total. The molecule has 13 heteroatoms. The summed E-state index contributed by atoms with van der Waals surface area (Å²) in [6, 6.07) is 1.09. The third-order valence-electron chi connectivity index (χ3n) is 4.72. The normalized spacial score (nSPS) is 16.4. The predicted molar refractivity (Wildman–Crippen MR) is 124 cm³/mol. The summed E-state index contributed by atoms with van der Waals surface area (Å²) < 4.78 is 24.2. The summed E-state index contributed by atoms with van der Waals surface area (Å²) >= 11 is 4.56. The van der Waals surface area contributed by atoms with Crippen molar-refractivity contribution in [2.24, 2.45) is 4.99 Å². The minimum absolute atomic E-state index is 0.0342. The highest BCUT2D eigenvalue weighted by Gasteiger charge is 2.39. The third-order valence-corrected chi connectivity index (χ3v) is 6.19. The fraction of sp³-hybridized carbons (Fsp3) is 0.333. The number of halogens is 2. The second kappa shape index (κ2) is 11.3. The van der Waals surface area contributed by atoms with Crippen LogP contribution in [0.25, 0.3) is 0 Å². The molecule has 1 aliphatic heterocycles. The van der Waals surface area contributed by atoms with E-state index in [0.717, 1.165) is 0 Å². The van der Waals surface area contributed by atoms with Crippen LogP contribution in [0.4, 0.5) is 4.39 Å². The lowest BCUT2D eigenvalue weighted by Crippen LogP contribution is -2.39. The van der Waals surface area contributed by atoms with Crippen molar-refractivity contribution < 1.29 is 28.4 Å². The van der Waals surface area contributed by atoms with Crippen LogP contribution in [0, 0.1) is 15.9 Å². The quantitative estimate of drug-likeness (QED) is 0.282. The van der Waals surface area contributed by atoms with Crippen LogP contribution in [-0.2, 0) is 19.1 Å². The molecule has 2 atom stereocenters. The van der Waals surface area contributed by atoms with E-state index >= 15 is 0 Å². The van der Waals surface area contributed by atoms with Gasteiger partial charge in [0.2, 0.25) is 0 Å². The maximum absolute atomic E-state index is 13.8. The molecule has 0 saturated carbocycles. The molecule has 3 rings (SSSR count). The molecule has 1 unspecified atom stereocenters. The molecule has 0 saturated heterocycles. The molecule has 180 valence electrons. The number of rotatable bonds is 9. The van der Waals surface area contributed by atoms with Crippen molar-refractivity contribution in [2.75, 3.05) is 13.2 Å². The number of nitro groups is 1. The number of esters is 2. The lowest BCUT2D eigenvalue weighted by atomic mass is 9.93. The summed E-state index contributed by atoms with van der Waals surface area (Å²) in [5, 5.41) is 16.8. The Morgan fingerprint density at radius 1 is 1.32 bits per heavy atom. The van der Waals surface area contributed by atoms with E-state index in [2.05, 4.69) is 31.2 Å². The van der Waals surface area contributed by atoms with Crippen molar-refractivity contribution in [3.8, 4) is 0 Å². The molecular weight excluding hydrogens is 535 g/mol. The predicted octanol–water partition coefficient (Wildman–Crippen LogP) is 3.55. The standard InChI is InChI=1S/C21H20BrFN4O6S/c1-3-32-20(28)15(27(30)31)10-14-16(21(29)33-4-2)17(12-6-5-11(23)9-13(12)22)26-18(25-14)19-24-7-8-34-19/h5-9,15,17H,3-4,10H2,1-2H3,(H,25,26)/t15?,17-/m0/s1. The molecule has 1 aromatic carbocycles. The molecule has 0 spiro atoms. The first-order chi connectivity index (χ1) is 16.3. The number of aromatic nitrogens is 1. The summed E-state index contributed by atoms with van der Waals surface area (Å²) in [6.07, 6.45) is 1.06. The van der Waals surface area contributed by atoms with Crippen molar-refractivity contribution in [3.05, 3.63) is 72.0 Å². The molecule has 0 fully saturated rings. The minimum Gasteiger partial charge on any atom is -0.463 e. The zero-order chi connectivity index (χ0) is 24.8. The highest BCUT2D eigenvalue weighted by Crippen LogP contribution is 2.37. The number of nitrogens with zero attached hydrogens (tertiary/aromatic N) is 3. The SMILES string of the molecule is CCOC(=O)C1=C(CC(C(=O)OCC)[N+](=O)[O-])NC(c2nccs2)=N[C@H]1c1ccc(F)cc1Br. The Kier molecular flexibility index (Phi) is 8.45. The van der Waals surface area contributed by atoms with Crippen LogP contribution in [0.5, 0.6) is 0 Å². The Balaban J connectivity index is 2.19. The summed E-state index contributed by atoms with van der Waals surface area (Å²) in [6.45, 7) is 3.14. The van der Waals surface area contributed by atoms with E-state index in [1.165, 1.54) is 36.5 Å². The Morgan fingerprint density at radius 3 is 2.65 bits per heavy atom. The van der Waals surface area contributed by atoms with Crippen molar-refractivity contribution in [2.45, 2.75) is 32.4 Å². The lowest BCUT2D eigenvalue weighted by molar-refractivity contribution is -0.510. The summed E-state index contributed by atoms with van der Waals surface area (Å²) in [7, 11) is 0. The van der Waals surface area contributed by atoms with Crippen LogP contribution in [0.3, 0.4) is 0 Å². The van der Waals surface area contributed by atoms with Crippen molar-refractivity contribution in [1.82, 2.24) is 10.3 Å². The van der Waals surface area contributed by atoms with Gasteiger partial charge in [-0.15, -0.1) is 11.3 Å². The van der Waals surface area contributed by atoms with Gasteiger partial charge in [0.15, 0.2) is 10.8 Å². The van der Waals surface area contributed by atoms with Gasteiger partial charge in [-0.3, -0.25) is 15.1 Å². The summed E-state index contributed by atoms with van der Waals surface area (Å²) in [5.74, 6) is -2.08. The number of amidine groups is 1. The van der Waals surface area contributed by atoms with E-state index in [0.29, 0.717) is 15.0 Å². The molecule has 0 aliphatic carbocycles. The minimum atomic E-state index is -1.78. The van der Waals surface area contributed by atoms with Crippen LogP contribution in [0.2, 0.25) is 0 Å². The zero-order valence-electron chi connectivity index (χ0n) is 18.1. The van der Waals surface area contributed by atoms with Gasteiger partial charge in [-0.05, 0) is 31.5 Å². The molecule has 2 heterocycles. The molecule has 1 N–H and O–H groups in total. The maximum Gasteiger partial charge on any atom is 0.382 e. The van der Waals surface area contributed by atoms with Gasteiger partial charge in [0.25, 0.3) is 0 Å². The van der Waals surface area contributed by atoms with Gasteiger partial charge < -0.3 is 14.8 Å². The Bertz CT molecular complexity index is 1150. The number of ether oxygens (including phenoxy) is 2. The second-order valence-electron chi connectivity index (χ2n) is 6.88. The molecule has 1 aromatic heterocycles. The number of thiazole rings is 1. The van der Waals surface area contributed by atoms with Crippen molar-refractivity contribution >= 4 is 45.0 Å². The van der Waals surface area contributed by atoms with E-state index in [4.69, 9.17) is 9.47 Å². The molecule has 0 radical (unpaired) electrons. The molecule has 1 aliphatic rings. The lowest BCUT2D eigenvalue weighted by Gasteiger charge is -2.28. The zero-order valence-corrected chi connectivity index (χ0v) is 20.5. The first-order valence-corrected chi connectivity index (χ1v) is 11.8. The fourth-order valence-corrected chi connectivity index (χ4v) is 4.43. The van der Waals surface area contributed by atoms with Gasteiger partial charge in [0.05, 0.1) is 25.2 Å². The van der Waals surface area contributed by atoms with E-state index in [1.54, 1.807) is 18.5 Å². The highest BCUT2D eigenvalue weighted by atomic mass is 79.9. The number of carbonyl (C=O) groups excluding carboxylic acids is 2. The van der Waals surface area contributed by atoms with Gasteiger partial charge in [-0.1, -0.05) is 22.0 Å². The van der Waals surface area contributed by atoms with Gasteiger partial charge in [0.1, 0.15) is 11.9 Å². The first-order valence-electron chi connectivity index (χ1n) is 10.2.